The fourth-order valence-corrected chi connectivity index (χ4v) is 6.82. The molecule has 1 aromatic heterocycles. The number of aromatic nitrogens is 1. The van der Waals surface area contributed by atoms with E-state index in [0.29, 0.717) is 0 Å². The molecule has 3 aromatic carbocycles. The molecule has 1 N–H and O–H groups in total. The molecule has 4 aromatic rings. The Labute approximate surface area is 268 Å². The van der Waals surface area contributed by atoms with Gasteiger partial charge in [-0.25, -0.2) is 4.39 Å². The Morgan fingerprint density at radius 3 is 2.16 bits per heavy atom. The second kappa shape index (κ2) is 14.1. The summed E-state index contributed by atoms with van der Waals surface area (Å²) in [6.07, 6.45) is 3.09. The molecule has 0 bridgehead atoms. The van der Waals surface area contributed by atoms with Crippen LogP contribution in [-0.2, 0) is 14.0 Å². The van der Waals surface area contributed by atoms with Crippen molar-refractivity contribution in [2.75, 3.05) is 0 Å². The average molecular weight is 627 g/mol. The van der Waals surface area contributed by atoms with Gasteiger partial charge in [0.25, 0.3) is 0 Å². The molecule has 45 heavy (non-hydrogen) atoms. The van der Waals surface area contributed by atoms with E-state index in [9.17, 15) is 14.0 Å². The highest BCUT2D eigenvalue weighted by atomic mass is 28.4. The number of carbonyl (C=O) groups is 2. The normalized spacial score (nSPS) is 13.8. The number of ketones is 1. The minimum atomic E-state index is -2.29. The van der Waals surface area contributed by atoms with Gasteiger partial charge < -0.3 is 14.3 Å². The van der Waals surface area contributed by atoms with Crippen molar-refractivity contribution in [2.45, 2.75) is 90.7 Å². The topological polar surface area (TPSA) is 60.3 Å². The van der Waals surface area contributed by atoms with Gasteiger partial charge in [-0.05, 0) is 80.4 Å². The monoisotopic (exact) mass is 626 g/mol. The maximum Gasteiger partial charge on any atom is 0.223 e. The lowest BCUT2D eigenvalue weighted by molar-refractivity contribution is -0.124. The molecule has 0 saturated heterocycles. The molecule has 4 rings (SSSR count). The first kappa shape index (κ1) is 34.1. The van der Waals surface area contributed by atoms with Crippen molar-refractivity contribution in [1.82, 2.24) is 9.88 Å². The van der Waals surface area contributed by atoms with Crippen LogP contribution in [0.2, 0.25) is 18.1 Å². The van der Waals surface area contributed by atoms with Crippen LogP contribution in [0.4, 0.5) is 4.39 Å². The van der Waals surface area contributed by atoms with Crippen molar-refractivity contribution in [3.63, 3.8) is 0 Å². The van der Waals surface area contributed by atoms with Crippen molar-refractivity contribution < 1.29 is 18.4 Å². The lowest BCUT2D eigenvalue weighted by atomic mass is 10.0. The number of nitrogens with zero attached hydrogens (tertiary/aromatic N) is 1. The molecule has 0 aliphatic rings. The molecule has 0 aliphatic heterocycles. The van der Waals surface area contributed by atoms with Crippen LogP contribution in [0.1, 0.15) is 77.7 Å². The van der Waals surface area contributed by atoms with E-state index in [4.69, 9.17) is 4.43 Å². The molecule has 0 saturated carbocycles. The highest BCUT2D eigenvalue weighted by Gasteiger charge is 2.40. The van der Waals surface area contributed by atoms with Gasteiger partial charge in [0.15, 0.2) is 14.1 Å². The molecule has 2 atom stereocenters. The van der Waals surface area contributed by atoms with E-state index in [1.54, 1.807) is 18.2 Å². The molecule has 0 fully saturated rings. The first-order chi connectivity index (χ1) is 21.2. The largest absolute Gasteiger partial charge is 0.413 e. The van der Waals surface area contributed by atoms with Gasteiger partial charge in [0.2, 0.25) is 5.91 Å². The van der Waals surface area contributed by atoms with E-state index in [0.717, 1.165) is 33.3 Å². The van der Waals surface area contributed by atoms with Crippen molar-refractivity contribution >= 4 is 37.0 Å². The maximum absolute atomic E-state index is 13.9. The summed E-state index contributed by atoms with van der Waals surface area (Å²) in [5, 5.41) is 4.04. The van der Waals surface area contributed by atoms with E-state index in [-0.39, 0.29) is 47.5 Å². The molecular weight excluding hydrogens is 580 g/mol. The van der Waals surface area contributed by atoms with Gasteiger partial charge in [-0.2, -0.15) is 0 Å². The van der Waals surface area contributed by atoms with E-state index in [1.165, 1.54) is 12.1 Å². The van der Waals surface area contributed by atoms with Crippen LogP contribution in [0.25, 0.3) is 28.1 Å². The number of hydrogen-bond acceptors (Lipinski definition) is 3. The number of allylic oxidation sites excluding steroid dienone is 1. The SMILES string of the molecule is CC(C)n1c(/C=C/C(=O)C[C@H](CC(=O)N[C@@H](C)c2ccccc2)O[Si](C)(C)C(C)(C)C)c(-c2ccc(F)cc2)c2ccccc21. The lowest BCUT2D eigenvalue weighted by Gasteiger charge is -2.39. The third kappa shape index (κ3) is 8.27. The highest BCUT2D eigenvalue weighted by Crippen LogP contribution is 2.39. The molecule has 5 nitrogen and oxygen atoms in total. The standard InChI is InChI=1S/C38H47FN2O3Si/c1-26(2)41-34-17-13-12-16-33(34)37(29-18-20-30(39)21-19-29)35(41)23-22-31(42)24-32(44-45(7,8)38(4,5)6)25-36(43)40-27(3)28-14-10-9-11-15-28/h9-23,26-27,32H,24-25H2,1-8H3,(H,40,43)/b23-22+/t27-,32+/m0/s1. The average Bonchev–Trinajstić information content (AvgIpc) is 3.30. The highest BCUT2D eigenvalue weighted by molar-refractivity contribution is 6.74. The Morgan fingerprint density at radius 2 is 1.53 bits per heavy atom. The third-order valence-corrected chi connectivity index (χ3v) is 13.3. The minimum absolute atomic E-state index is 0.0831. The summed E-state index contributed by atoms with van der Waals surface area (Å²) in [6, 6.07) is 24.4. The van der Waals surface area contributed by atoms with Crippen LogP contribution in [0.15, 0.2) is 84.9 Å². The summed E-state index contributed by atoms with van der Waals surface area (Å²) >= 11 is 0. The Morgan fingerprint density at radius 1 is 0.911 bits per heavy atom. The Balaban J connectivity index is 1.63. The number of benzene rings is 3. The molecule has 0 spiro atoms. The second-order valence-electron chi connectivity index (χ2n) is 13.7. The summed E-state index contributed by atoms with van der Waals surface area (Å²) in [6.45, 7) is 16.9. The summed E-state index contributed by atoms with van der Waals surface area (Å²) in [5.74, 6) is -0.563. The van der Waals surface area contributed by atoms with Crippen LogP contribution in [-0.4, -0.2) is 30.7 Å². The number of carbonyl (C=O) groups excluding carboxylic acids is 2. The van der Waals surface area contributed by atoms with Gasteiger partial charge in [0.1, 0.15) is 5.82 Å². The van der Waals surface area contributed by atoms with Gasteiger partial charge in [-0.1, -0.05) is 81.4 Å². The molecular formula is C38H47FN2O3Si. The zero-order chi connectivity index (χ0) is 32.9. The molecule has 0 radical (unpaired) electrons. The molecule has 0 aliphatic carbocycles. The van der Waals surface area contributed by atoms with E-state index >= 15 is 0 Å². The second-order valence-corrected chi connectivity index (χ2v) is 18.4. The van der Waals surface area contributed by atoms with E-state index in [1.807, 2.05) is 55.5 Å². The van der Waals surface area contributed by atoms with Gasteiger partial charge in [-0.15, -0.1) is 0 Å². The molecule has 238 valence electrons. The molecule has 0 unspecified atom stereocenters. The molecule has 1 heterocycles. The van der Waals surface area contributed by atoms with Crippen molar-refractivity contribution in [3.8, 4) is 11.1 Å². The third-order valence-electron chi connectivity index (χ3n) is 8.81. The Kier molecular flexibility index (Phi) is 10.7. The number of fused-ring (bicyclic) bond motifs is 1. The Hall–Kier alpha value is -3.81. The first-order valence-corrected chi connectivity index (χ1v) is 18.7. The van der Waals surface area contributed by atoms with Gasteiger partial charge >= 0.3 is 0 Å². The van der Waals surface area contributed by atoms with Gasteiger partial charge in [0, 0.05) is 28.9 Å². The lowest BCUT2D eigenvalue weighted by Crippen LogP contribution is -2.45. The first-order valence-electron chi connectivity index (χ1n) is 15.8. The summed E-state index contributed by atoms with van der Waals surface area (Å²) in [5.41, 5.74) is 4.77. The van der Waals surface area contributed by atoms with Crippen LogP contribution < -0.4 is 5.32 Å². The van der Waals surface area contributed by atoms with Crippen molar-refractivity contribution in [1.29, 1.82) is 0 Å². The number of amides is 1. The number of hydrogen-bond donors (Lipinski definition) is 1. The van der Waals surface area contributed by atoms with Gasteiger partial charge in [0.05, 0.1) is 24.3 Å². The number of halogens is 1. The maximum atomic E-state index is 13.9. The minimum Gasteiger partial charge on any atom is -0.413 e. The fraction of sp³-hybridized carbons (Fsp3) is 0.368. The predicted octanol–water partition coefficient (Wildman–Crippen LogP) is 9.66. The van der Waals surface area contributed by atoms with E-state index < -0.39 is 14.4 Å². The zero-order valence-electron chi connectivity index (χ0n) is 27.9. The number of para-hydroxylation sites is 1. The smallest absolute Gasteiger partial charge is 0.223 e. The van der Waals surface area contributed by atoms with Crippen molar-refractivity contribution in [3.05, 3.63) is 102 Å². The molecule has 1 amide bonds. The van der Waals surface area contributed by atoms with Crippen LogP contribution >= 0.6 is 0 Å². The van der Waals surface area contributed by atoms with Crippen molar-refractivity contribution in [2.24, 2.45) is 0 Å². The summed E-state index contributed by atoms with van der Waals surface area (Å²) < 4.78 is 22.8. The zero-order valence-corrected chi connectivity index (χ0v) is 28.9. The van der Waals surface area contributed by atoms with Crippen LogP contribution in [0.3, 0.4) is 0 Å². The summed E-state index contributed by atoms with van der Waals surface area (Å²) in [4.78, 5) is 26.9. The predicted molar refractivity (Wildman–Crippen MR) is 186 cm³/mol. The number of rotatable bonds is 12. The fourth-order valence-electron chi connectivity index (χ4n) is 5.47. The van der Waals surface area contributed by atoms with Crippen LogP contribution in [0, 0.1) is 5.82 Å². The van der Waals surface area contributed by atoms with Crippen LogP contribution in [0.5, 0.6) is 0 Å². The molecule has 7 heteroatoms. The van der Waals surface area contributed by atoms with E-state index in [2.05, 4.69) is 69.7 Å². The summed E-state index contributed by atoms with van der Waals surface area (Å²) in [7, 11) is -2.29. The quantitative estimate of drug-likeness (QED) is 0.126. The number of nitrogens with one attached hydrogen (secondary N) is 1. The Bertz CT molecular complexity index is 1650. The van der Waals surface area contributed by atoms with Gasteiger partial charge in [-0.3, -0.25) is 9.59 Å².